The van der Waals surface area contributed by atoms with E-state index >= 15 is 0 Å². The van der Waals surface area contributed by atoms with Gasteiger partial charge in [0, 0.05) is 16.7 Å². The molecule has 0 spiro atoms. The van der Waals surface area contributed by atoms with Gasteiger partial charge in [0.15, 0.2) is 0 Å². The predicted octanol–water partition coefficient (Wildman–Crippen LogP) is 3.28. The molecule has 1 heterocycles. The monoisotopic (exact) mass is 191 g/mol. The highest BCUT2D eigenvalue weighted by molar-refractivity contribution is 7.09. The molecule has 0 aliphatic rings. The molecule has 0 unspecified atom stereocenters. The molecule has 2 aromatic rings. The van der Waals surface area contributed by atoms with Crippen molar-refractivity contribution >= 4 is 11.3 Å². The average molecular weight is 191 g/mol. The van der Waals surface area contributed by atoms with Crippen molar-refractivity contribution in [2.24, 2.45) is 0 Å². The first-order valence-corrected chi connectivity index (χ1v) is 4.85. The Kier molecular flexibility index (Phi) is 2.41. The molecule has 1 radical (unpaired) electrons. The first kappa shape index (κ1) is 8.45. The molecule has 0 atom stereocenters. The fourth-order valence-corrected chi connectivity index (χ4v) is 1.88. The highest BCUT2D eigenvalue weighted by Crippen LogP contribution is 2.14. The van der Waals surface area contributed by atoms with Crippen LogP contribution in [0.4, 0.5) is 4.39 Å². The van der Waals surface area contributed by atoms with Gasteiger partial charge in [0.2, 0.25) is 0 Å². The molecule has 2 rings (SSSR count). The van der Waals surface area contributed by atoms with Crippen LogP contribution in [0.3, 0.4) is 0 Å². The van der Waals surface area contributed by atoms with Gasteiger partial charge in [0.25, 0.3) is 0 Å². The molecule has 0 bridgehead atoms. The number of rotatable bonds is 2. The number of thiophene rings is 1. The molecular formula is C11H8FS. The van der Waals surface area contributed by atoms with Crippen molar-refractivity contribution in [1.82, 2.24) is 0 Å². The second kappa shape index (κ2) is 3.71. The smallest absolute Gasteiger partial charge is 0.123 e. The molecule has 0 N–H and O–H groups in total. The summed E-state index contributed by atoms with van der Waals surface area (Å²) in [5.74, 6) is -0.168. The molecule has 0 saturated heterocycles. The predicted molar refractivity (Wildman–Crippen MR) is 52.4 cm³/mol. The lowest BCUT2D eigenvalue weighted by atomic mass is 10.1. The van der Waals surface area contributed by atoms with Crippen molar-refractivity contribution in [3.63, 3.8) is 0 Å². The van der Waals surface area contributed by atoms with E-state index in [0.29, 0.717) is 0 Å². The zero-order chi connectivity index (χ0) is 9.10. The van der Waals surface area contributed by atoms with Crippen molar-refractivity contribution in [3.8, 4) is 0 Å². The Balaban J connectivity index is 2.19. The number of benzene rings is 1. The maximum atomic E-state index is 12.8. The highest BCUT2D eigenvalue weighted by Gasteiger charge is 1.97. The summed E-state index contributed by atoms with van der Waals surface area (Å²) in [5.41, 5.74) is 1.01. The normalized spacial score (nSPS) is 10.2. The van der Waals surface area contributed by atoms with Gasteiger partial charge in [-0.2, -0.15) is 0 Å². The van der Waals surface area contributed by atoms with Crippen LogP contribution in [0.15, 0.2) is 36.4 Å². The molecule has 1 aromatic carbocycles. The molecule has 0 amide bonds. The summed E-state index contributed by atoms with van der Waals surface area (Å²) in [5, 5.41) is 3.01. The van der Waals surface area contributed by atoms with Crippen molar-refractivity contribution in [2.75, 3.05) is 0 Å². The molecule has 0 aliphatic heterocycles. The van der Waals surface area contributed by atoms with E-state index in [1.807, 2.05) is 18.2 Å². The van der Waals surface area contributed by atoms with E-state index in [2.05, 4.69) is 5.38 Å². The second-order valence-corrected chi connectivity index (χ2v) is 3.79. The molecule has 65 valence electrons. The Bertz CT molecular complexity index is 379. The van der Waals surface area contributed by atoms with E-state index in [1.165, 1.54) is 10.9 Å². The van der Waals surface area contributed by atoms with Gasteiger partial charge in [-0.1, -0.05) is 12.1 Å². The van der Waals surface area contributed by atoms with Crippen molar-refractivity contribution in [2.45, 2.75) is 6.42 Å². The Morgan fingerprint density at radius 1 is 1.31 bits per heavy atom. The summed E-state index contributed by atoms with van der Waals surface area (Å²) in [6, 6.07) is 10.6. The number of halogens is 1. The fourth-order valence-electron chi connectivity index (χ4n) is 1.21. The van der Waals surface area contributed by atoms with Crippen LogP contribution in [-0.4, -0.2) is 0 Å². The Labute approximate surface area is 80.7 Å². The van der Waals surface area contributed by atoms with E-state index in [9.17, 15) is 4.39 Å². The summed E-state index contributed by atoms with van der Waals surface area (Å²) in [6.45, 7) is 0. The minimum Gasteiger partial charge on any atom is -0.207 e. The van der Waals surface area contributed by atoms with E-state index in [0.717, 1.165) is 12.0 Å². The fraction of sp³-hybridized carbons (Fsp3) is 0.0909. The van der Waals surface area contributed by atoms with Gasteiger partial charge < -0.3 is 0 Å². The Morgan fingerprint density at radius 3 is 2.92 bits per heavy atom. The lowest BCUT2D eigenvalue weighted by Crippen LogP contribution is -1.85. The molecule has 0 saturated carbocycles. The second-order valence-electron chi connectivity index (χ2n) is 2.83. The van der Waals surface area contributed by atoms with Crippen LogP contribution in [-0.2, 0) is 6.42 Å². The summed E-state index contributed by atoms with van der Waals surface area (Å²) in [7, 11) is 0. The molecule has 0 fully saturated rings. The van der Waals surface area contributed by atoms with Crippen molar-refractivity contribution in [3.05, 3.63) is 58.0 Å². The third kappa shape index (κ3) is 2.16. The van der Waals surface area contributed by atoms with Gasteiger partial charge in [0.05, 0.1) is 0 Å². The molecule has 13 heavy (non-hydrogen) atoms. The van der Waals surface area contributed by atoms with Gasteiger partial charge >= 0.3 is 0 Å². The van der Waals surface area contributed by atoms with E-state index in [1.54, 1.807) is 23.5 Å². The largest absolute Gasteiger partial charge is 0.207 e. The minimum absolute atomic E-state index is 0.168. The number of hydrogen-bond acceptors (Lipinski definition) is 1. The van der Waals surface area contributed by atoms with Crippen molar-refractivity contribution < 1.29 is 4.39 Å². The SMILES string of the molecule is Fc1cccc(Cc2cc[c]s2)c1. The molecule has 0 aliphatic carbocycles. The number of hydrogen-bond donors (Lipinski definition) is 0. The lowest BCUT2D eigenvalue weighted by molar-refractivity contribution is 0.626. The van der Waals surface area contributed by atoms with E-state index in [-0.39, 0.29) is 5.82 Å². The molecule has 1 aromatic heterocycles. The van der Waals surface area contributed by atoms with E-state index in [4.69, 9.17) is 0 Å². The van der Waals surface area contributed by atoms with Crippen LogP contribution in [0.25, 0.3) is 0 Å². The van der Waals surface area contributed by atoms with Gasteiger partial charge in [-0.05, 0) is 29.8 Å². The maximum absolute atomic E-state index is 12.8. The zero-order valence-electron chi connectivity index (χ0n) is 6.96. The summed E-state index contributed by atoms with van der Waals surface area (Å²) in [6.07, 6.45) is 0.798. The van der Waals surface area contributed by atoms with Gasteiger partial charge in [0.1, 0.15) is 5.82 Å². The van der Waals surface area contributed by atoms with Crippen LogP contribution in [0.5, 0.6) is 0 Å². The van der Waals surface area contributed by atoms with Crippen LogP contribution in [0, 0.1) is 11.2 Å². The first-order chi connectivity index (χ1) is 6.34. The molecular weight excluding hydrogens is 183 g/mol. The van der Waals surface area contributed by atoms with Gasteiger partial charge in [-0.3, -0.25) is 0 Å². The zero-order valence-corrected chi connectivity index (χ0v) is 7.77. The van der Waals surface area contributed by atoms with Crippen LogP contribution < -0.4 is 0 Å². The average Bonchev–Trinajstić information content (AvgIpc) is 2.57. The summed E-state index contributed by atoms with van der Waals surface area (Å²) in [4.78, 5) is 1.21. The topological polar surface area (TPSA) is 0 Å². The maximum Gasteiger partial charge on any atom is 0.123 e. The van der Waals surface area contributed by atoms with Crippen LogP contribution in [0.2, 0.25) is 0 Å². The van der Waals surface area contributed by atoms with Gasteiger partial charge in [-0.25, -0.2) is 4.39 Å². The van der Waals surface area contributed by atoms with Crippen LogP contribution in [0.1, 0.15) is 10.4 Å². The first-order valence-electron chi connectivity index (χ1n) is 4.04. The third-order valence-electron chi connectivity index (χ3n) is 1.79. The molecule has 2 heteroatoms. The summed E-state index contributed by atoms with van der Waals surface area (Å²) >= 11 is 1.58. The lowest BCUT2D eigenvalue weighted by Gasteiger charge is -1.97. The Hall–Kier alpha value is -1.15. The van der Waals surface area contributed by atoms with Gasteiger partial charge in [-0.15, -0.1) is 11.3 Å². The van der Waals surface area contributed by atoms with Crippen LogP contribution >= 0.6 is 11.3 Å². The quantitative estimate of drug-likeness (QED) is 0.683. The highest BCUT2D eigenvalue weighted by atomic mass is 32.1. The Morgan fingerprint density at radius 2 is 2.23 bits per heavy atom. The standard InChI is InChI=1S/C11H8FS/c12-10-4-1-3-9(7-10)8-11-5-2-6-13-11/h1-5,7H,8H2. The minimum atomic E-state index is -0.168. The molecule has 0 nitrogen and oxygen atoms in total. The van der Waals surface area contributed by atoms with E-state index < -0.39 is 0 Å². The third-order valence-corrected chi connectivity index (χ3v) is 2.59. The summed E-state index contributed by atoms with van der Waals surface area (Å²) < 4.78 is 12.8. The van der Waals surface area contributed by atoms with Crippen molar-refractivity contribution in [1.29, 1.82) is 0 Å².